The van der Waals surface area contributed by atoms with Gasteiger partial charge in [-0.3, -0.25) is 4.90 Å². The van der Waals surface area contributed by atoms with E-state index in [9.17, 15) is 0 Å². The molecule has 2 aromatic rings. The second kappa shape index (κ2) is 4.89. The van der Waals surface area contributed by atoms with Crippen molar-refractivity contribution >= 4 is 10.9 Å². The van der Waals surface area contributed by atoms with Gasteiger partial charge < -0.3 is 9.72 Å². The van der Waals surface area contributed by atoms with Gasteiger partial charge in [-0.25, -0.2) is 0 Å². The van der Waals surface area contributed by atoms with Crippen molar-refractivity contribution in [1.29, 1.82) is 0 Å². The van der Waals surface area contributed by atoms with Crippen molar-refractivity contribution < 1.29 is 4.74 Å². The Morgan fingerprint density at radius 2 is 2.26 bits per heavy atom. The number of nitrogens with zero attached hydrogens (tertiary/aromatic N) is 1. The predicted molar refractivity (Wildman–Crippen MR) is 78.8 cm³/mol. The molecule has 1 aromatic carbocycles. The fourth-order valence-corrected chi connectivity index (χ4v) is 3.23. The fourth-order valence-electron chi connectivity index (χ4n) is 3.23. The van der Waals surface area contributed by atoms with E-state index in [1.165, 1.54) is 41.7 Å². The molecule has 0 bridgehead atoms. The lowest BCUT2D eigenvalue weighted by Crippen LogP contribution is -2.34. The van der Waals surface area contributed by atoms with Gasteiger partial charge in [0.05, 0.1) is 7.11 Å². The molecular formula is C16H22N2O. The second-order valence-electron chi connectivity index (χ2n) is 5.39. The summed E-state index contributed by atoms with van der Waals surface area (Å²) in [6, 6.07) is 6.83. The van der Waals surface area contributed by atoms with Crippen LogP contribution in [0.15, 0.2) is 18.2 Å². The molecule has 102 valence electrons. The zero-order chi connectivity index (χ0) is 13.4. The zero-order valence-electron chi connectivity index (χ0n) is 12.0. The van der Waals surface area contributed by atoms with Crippen molar-refractivity contribution in [1.82, 2.24) is 9.88 Å². The molecule has 0 aliphatic carbocycles. The van der Waals surface area contributed by atoms with Crippen LogP contribution in [0.5, 0.6) is 5.75 Å². The Hall–Kier alpha value is -1.48. The standard InChI is InChI=1S/C16H22N2O/c1-4-8-18-9-7-14-13-6-5-12(19-3)10-15(13)17-16(14)11(18)2/h5-6,10-11,17H,4,7-9H2,1-3H3. The third kappa shape index (κ3) is 2.02. The maximum atomic E-state index is 5.31. The van der Waals surface area contributed by atoms with Gasteiger partial charge in [-0.15, -0.1) is 0 Å². The van der Waals surface area contributed by atoms with Gasteiger partial charge in [0.15, 0.2) is 0 Å². The van der Waals surface area contributed by atoms with E-state index >= 15 is 0 Å². The van der Waals surface area contributed by atoms with Crippen LogP contribution in [0.4, 0.5) is 0 Å². The summed E-state index contributed by atoms with van der Waals surface area (Å²) in [6.45, 7) is 6.90. The first-order valence-electron chi connectivity index (χ1n) is 7.17. The van der Waals surface area contributed by atoms with E-state index in [4.69, 9.17) is 4.74 Å². The molecule has 3 heteroatoms. The molecule has 0 saturated carbocycles. The smallest absolute Gasteiger partial charge is 0.120 e. The highest BCUT2D eigenvalue weighted by Crippen LogP contribution is 2.35. The number of hydrogen-bond donors (Lipinski definition) is 1. The Morgan fingerprint density at radius 3 is 3.00 bits per heavy atom. The number of H-pyrrole nitrogens is 1. The van der Waals surface area contributed by atoms with Crippen LogP contribution in [0, 0.1) is 0 Å². The number of ether oxygens (including phenoxy) is 1. The van der Waals surface area contributed by atoms with Crippen LogP contribution in [-0.4, -0.2) is 30.1 Å². The number of aromatic amines is 1. The van der Waals surface area contributed by atoms with Crippen LogP contribution in [0.1, 0.15) is 37.6 Å². The topological polar surface area (TPSA) is 28.3 Å². The quantitative estimate of drug-likeness (QED) is 0.912. The van der Waals surface area contributed by atoms with Crippen molar-refractivity contribution in [2.24, 2.45) is 0 Å². The summed E-state index contributed by atoms with van der Waals surface area (Å²) < 4.78 is 5.31. The molecule has 1 aromatic heterocycles. The number of nitrogens with one attached hydrogen (secondary N) is 1. The Bertz CT molecular complexity index is 588. The van der Waals surface area contributed by atoms with Gasteiger partial charge in [0.25, 0.3) is 0 Å². The normalized spacial score (nSPS) is 19.6. The van der Waals surface area contributed by atoms with Crippen LogP contribution in [-0.2, 0) is 6.42 Å². The minimum atomic E-state index is 0.488. The highest BCUT2D eigenvalue weighted by Gasteiger charge is 2.26. The van der Waals surface area contributed by atoms with Crippen molar-refractivity contribution in [3.8, 4) is 5.75 Å². The maximum absolute atomic E-state index is 5.31. The predicted octanol–water partition coefficient (Wildman–Crippen LogP) is 3.51. The van der Waals surface area contributed by atoms with E-state index in [-0.39, 0.29) is 0 Å². The molecule has 0 amide bonds. The molecule has 19 heavy (non-hydrogen) atoms. The average molecular weight is 258 g/mol. The molecule has 1 unspecified atom stereocenters. The van der Waals surface area contributed by atoms with Crippen LogP contribution < -0.4 is 4.74 Å². The van der Waals surface area contributed by atoms with E-state index in [0.717, 1.165) is 12.2 Å². The van der Waals surface area contributed by atoms with Gasteiger partial charge in [0.2, 0.25) is 0 Å². The van der Waals surface area contributed by atoms with Gasteiger partial charge in [-0.1, -0.05) is 6.92 Å². The summed E-state index contributed by atoms with van der Waals surface area (Å²) in [5.41, 5.74) is 4.09. The van der Waals surface area contributed by atoms with Gasteiger partial charge in [0, 0.05) is 35.2 Å². The van der Waals surface area contributed by atoms with Gasteiger partial charge >= 0.3 is 0 Å². The molecule has 0 radical (unpaired) electrons. The summed E-state index contributed by atoms with van der Waals surface area (Å²) in [4.78, 5) is 6.17. The maximum Gasteiger partial charge on any atom is 0.120 e. The molecule has 1 aliphatic rings. The summed E-state index contributed by atoms with van der Waals surface area (Å²) in [5, 5.41) is 1.36. The summed E-state index contributed by atoms with van der Waals surface area (Å²) in [7, 11) is 1.72. The summed E-state index contributed by atoms with van der Waals surface area (Å²) in [6.07, 6.45) is 2.36. The lowest BCUT2D eigenvalue weighted by atomic mass is 9.98. The Kier molecular flexibility index (Phi) is 3.23. The second-order valence-corrected chi connectivity index (χ2v) is 5.39. The monoisotopic (exact) mass is 258 g/mol. The molecule has 1 N–H and O–H groups in total. The summed E-state index contributed by atoms with van der Waals surface area (Å²) >= 11 is 0. The molecule has 0 fully saturated rings. The van der Waals surface area contributed by atoms with E-state index in [1.807, 2.05) is 0 Å². The third-order valence-electron chi connectivity index (χ3n) is 4.27. The van der Waals surface area contributed by atoms with E-state index in [2.05, 4.69) is 41.9 Å². The zero-order valence-corrected chi connectivity index (χ0v) is 12.0. The Balaban J connectivity index is 2.05. The number of hydrogen-bond acceptors (Lipinski definition) is 2. The highest BCUT2D eigenvalue weighted by atomic mass is 16.5. The SMILES string of the molecule is CCCN1CCc2c([nH]c3cc(OC)ccc23)C1C. The first-order valence-corrected chi connectivity index (χ1v) is 7.17. The van der Waals surface area contributed by atoms with Crippen molar-refractivity contribution in [2.45, 2.75) is 32.7 Å². The van der Waals surface area contributed by atoms with Crippen LogP contribution in [0.25, 0.3) is 10.9 Å². The molecule has 1 atom stereocenters. The van der Waals surface area contributed by atoms with E-state index < -0.39 is 0 Å². The molecule has 3 nitrogen and oxygen atoms in total. The molecule has 0 saturated heterocycles. The minimum Gasteiger partial charge on any atom is -0.497 e. The molecule has 0 spiro atoms. The molecule has 3 rings (SSSR count). The van der Waals surface area contributed by atoms with Gasteiger partial charge in [0.1, 0.15) is 5.75 Å². The largest absolute Gasteiger partial charge is 0.497 e. The number of fused-ring (bicyclic) bond motifs is 3. The number of benzene rings is 1. The van der Waals surface area contributed by atoms with Crippen LogP contribution in [0.2, 0.25) is 0 Å². The molecule has 1 aliphatic heterocycles. The van der Waals surface area contributed by atoms with Crippen molar-refractivity contribution in [2.75, 3.05) is 20.2 Å². The van der Waals surface area contributed by atoms with E-state index in [0.29, 0.717) is 6.04 Å². The van der Waals surface area contributed by atoms with Crippen molar-refractivity contribution in [3.05, 3.63) is 29.5 Å². The Morgan fingerprint density at radius 1 is 1.42 bits per heavy atom. The summed E-state index contributed by atoms with van der Waals surface area (Å²) in [5.74, 6) is 0.921. The highest BCUT2D eigenvalue weighted by molar-refractivity contribution is 5.86. The average Bonchev–Trinajstić information content (AvgIpc) is 2.80. The Labute approximate surface area is 114 Å². The first kappa shape index (κ1) is 12.5. The van der Waals surface area contributed by atoms with Crippen molar-refractivity contribution in [3.63, 3.8) is 0 Å². The minimum absolute atomic E-state index is 0.488. The van der Waals surface area contributed by atoms with Gasteiger partial charge in [-0.2, -0.15) is 0 Å². The van der Waals surface area contributed by atoms with Gasteiger partial charge in [-0.05, 0) is 44.0 Å². The first-order chi connectivity index (χ1) is 9.24. The third-order valence-corrected chi connectivity index (χ3v) is 4.27. The number of aromatic nitrogens is 1. The van der Waals surface area contributed by atoms with Crippen LogP contribution in [0.3, 0.4) is 0 Å². The number of methoxy groups -OCH3 is 1. The lowest BCUT2D eigenvalue weighted by Gasteiger charge is -2.33. The molecular weight excluding hydrogens is 236 g/mol. The fraction of sp³-hybridized carbons (Fsp3) is 0.500. The number of rotatable bonds is 3. The van der Waals surface area contributed by atoms with Crippen LogP contribution >= 0.6 is 0 Å². The molecule has 2 heterocycles. The lowest BCUT2D eigenvalue weighted by molar-refractivity contribution is 0.196. The van der Waals surface area contributed by atoms with E-state index in [1.54, 1.807) is 7.11 Å².